The van der Waals surface area contributed by atoms with Crippen molar-refractivity contribution in [2.75, 3.05) is 0 Å². The molecule has 0 aliphatic rings. The summed E-state index contributed by atoms with van der Waals surface area (Å²) in [6, 6.07) is 0. The molecule has 0 atom stereocenters. The van der Waals surface area contributed by atoms with Gasteiger partial charge in [0.25, 0.3) is 5.16 Å². The monoisotopic (exact) mass is 235 g/mol. The van der Waals surface area contributed by atoms with Crippen LogP contribution in [0.1, 0.15) is 26.6 Å². The van der Waals surface area contributed by atoms with E-state index in [4.69, 9.17) is 0 Å². The van der Waals surface area contributed by atoms with Gasteiger partial charge in [0.05, 0.1) is 0 Å². The lowest BCUT2D eigenvalue weighted by Crippen LogP contribution is -2.19. The third-order valence-electron chi connectivity index (χ3n) is 1.75. The minimum Gasteiger partial charge on any atom is -0.299 e. The highest BCUT2D eigenvalue weighted by Crippen LogP contribution is 2.20. The number of aryl methyl sites for hydroxylation is 1. The first-order valence-electron chi connectivity index (χ1n) is 4.46. The molecule has 0 bridgehead atoms. The lowest BCUT2D eigenvalue weighted by molar-refractivity contribution is 0.324. The Labute approximate surface area is 88.5 Å². The van der Waals surface area contributed by atoms with E-state index in [1.165, 1.54) is 4.57 Å². The van der Waals surface area contributed by atoms with Crippen molar-refractivity contribution in [3.8, 4) is 0 Å². The number of halogens is 1. The quantitative estimate of drug-likeness (QED) is 0.724. The van der Waals surface area contributed by atoms with E-state index < -0.39 is 15.4 Å². The first-order valence-corrected chi connectivity index (χ1v) is 5.84. The molecule has 1 rings (SSSR count). The Morgan fingerprint density at radius 1 is 1.33 bits per heavy atom. The molecule has 0 fully saturated rings. The van der Waals surface area contributed by atoms with E-state index in [9.17, 15) is 12.3 Å². The Morgan fingerprint density at radius 3 is 2.27 bits per heavy atom. The smallest absolute Gasteiger partial charge is 0.299 e. The molecule has 86 valence electrons. The summed E-state index contributed by atoms with van der Waals surface area (Å²) < 4.78 is 35.6. The topological polar surface area (TPSA) is 64.8 Å². The SMILES string of the molecule is Cc1nnc(S(=O)(=O)F)n1CC(C)(C)C. The molecule has 1 aromatic rings. The van der Waals surface area contributed by atoms with Crippen molar-refractivity contribution in [2.45, 2.75) is 39.4 Å². The van der Waals surface area contributed by atoms with Gasteiger partial charge in [0.2, 0.25) is 0 Å². The van der Waals surface area contributed by atoms with E-state index >= 15 is 0 Å². The molecule has 0 saturated carbocycles. The van der Waals surface area contributed by atoms with Gasteiger partial charge in [-0.1, -0.05) is 24.7 Å². The van der Waals surface area contributed by atoms with E-state index in [0.29, 0.717) is 12.4 Å². The number of rotatable bonds is 2. The van der Waals surface area contributed by atoms with Crippen molar-refractivity contribution in [1.29, 1.82) is 0 Å². The van der Waals surface area contributed by atoms with Gasteiger partial charge in [0.15, 0.2) is 0 Å². The predicted octanol–water partition coefficient (Wildman–Crippen LogP) is 1.29. The highest BCUT2D eigenvalue weighted by molar-refractivity contribution is 7.86. The lowest BCUT2D eigenvalue weighted by atomic mass is 9.97. The summed E-state index contributed by atoms with van der Waals surface area (Å²) in [4.78, 5) is 0. The first-order chi connectivity index (χ1) is 6.61. The highest BCUT2D eigenvalue weighted by Gasteiger charge is 2.25. The molecule has 5 nitrogen and oxygen atoms in total. The molecular formula is C8H14FN3O2S. The van der Waals surface area contributed by atoms with Crippen LogP contribution >= 0.6 is 0 Å². The third-order valence-corrected chi connectivity index (χ3v) is 2.49. The van der Waals surface area contributed by atoms with Crippen LogP contribution in [0.25, 0.3) is 0 Å². The number of nitrogens with zero attached hydrogens (tertiary/aromatic N) is 3. The fourth-order valence-corrected chi connectivity index (χ4v) is 1.80. The second-order valence-corrected chi connectivity index (χ2v) is 5.86. The fraction of sp³-hybridized carbons (Fsp3) is 0.750. The van der Waals surface area contributed by atoms with Crippen LogP contribution in [0.15, 0.2) is 5.16 Å². The van der Waals surface area contributed by atoms with Crippen LogP contribution in [-0.2, 0) is 16.8 Å². The van der Waals surface area contributed by atoms with Crippen molar-refractivity contribution < 1.29 is 12.3 Å². The molecule has 0 amide bonds. The Hall–Kier alpha value is -0.980. The minimum absolute atomic E-state index is 0.174. The molecule has 1 aromatic heterocycles. The highest BCUT2D eigenvalue weighted by atomic mass is 32.3. The van der Waals surface area contributed by atoms with Gasteiger partial charge in [-0.2, -0.15) is 8.42 Å². The molecule has 0 spiro atoms. The number of hydrogen-bond donors (Lipinski definition) is 0. The molecule has 0 aromatic carbocycles. The van der Waals surface area contributed by atoms with Crippen LogP contribution in [-0.4, -0.2) is 23.2 Å². The van der Waals surface area contributed by atoms with Gasteiger partial charge < -0.3 is 0 Å². The van der Waals surface area contributed by atoms with Gasteiger partial charge in [-0.15, -0.1) is 10.2 Å². The molecule has 0 unspecified atom stereocenters. The molecular weight excluding hydrogens is 221 g/mol. The maximum absolute atomic E-state index is 12.8. The summed E-state index contributed by atoms with van der Waals surface area (Å²) in [5.74, 6) is 0.390. The van der Waals surface area contributed by atoms with Crippen molar-refractivity contribution in [3.05, 3.63) is 5.82 Å². The lowest BCUT2D eigenvalue weighted by Gasteiger charge is -2.19. The summed E-state index contributed by atoms with van der Waals surface area (Å²) in [6.07, 6.45) is 0. The van der Waals surface area contributed by atoms with Crippen LogP contribution in [0.5, 0.6) is 0 Å². The average Bonchev–Trinajstić information content (AvgIpc) is 2.28. The zero-order chi connectivity index (χ0) is 11.9. The zero-order valence-corrected chi connectivity index (χ0v) is 9.97. The molecule has 0 aliphatic carbocycles. The standard InChI is InChI=1S/C8H14FN3O2S/c1-6-10-11-7(15(9,13)14)12(6)5-8(2,3)4/h5H2,1-4H3. The second-order valence-electron chi connectivity index (χ2n) is 4.61. The predicted molar refractivity (Wildman–Crippen MR) is 52.5 cm³/mol. The molecule has 7 heteroatoms. The van der Waals surface area contributed by atoms with Gasteiger partial charge in [-0.3, -0.25) is 4.57 Å². The third kappa shape index (κ3) is 2.98. The van der Waals surface area contributed by atoms with E-state index in [0.717, 1.165) is 0 Å². The second kappa shape index (κ2) is 3.55. The largest absolute Gasteiger partial charge is 0.368 e. The van der Waals surface area contributed by atoms with Gasteiger partial charge in [-0.25, -0.2) is 0 Å². The van der Waals surface area contributed by atoms with Crippen LogP contribution in [0.4, 0.5) is 3.89 Å². The van der Waals surface area contributed by atoms with E-state index in [2.05, 4.69) is 10.2 Å². The van der Waals surface area contributed by atoms with E-state index in [1.807, 2.05) is 20.8 Å². The zero-order valence-electron chi connectivity index (χ0n) is 9.15. The Kier molecular flexibility index (Phi) is 2.86. The molecule has 0 radical (unpaired) electrons. The number of hydrogen-bond acceptors (Lipinski definition) is 4. The molecule has 15 heavy (non-hydrogen) atoms. The maximum Gasteiger partial charge on any atom is 0.368 e. The maximum atomic E-state index is 12.8. The summed E-state index contributed by atoms with van der Waals surface area (Å²) in [5, 5.41) is 6.27. The summed E-state index contributed by atoms with van der Waals surface area (Å²) in [6.45, 7) is 7.70. The van der Waals surface area contributed by atoms with Crippen molar-refractivity contribution >= 4 is 10.2 Å². The van der Waals surface area contributed by atoms with Gasteiger partial charge in [-0.05, 0) is 12.3 Å². The van der Waals surface area contributed by atoms with Crippen LogP contribution in [0, 0.1) is 12.3 Å². The minimum atomic E-state index is -4.80. The van der Waals surface area contributed by atoms with E-state index in [1.54, 1.807) is 6.92 Å². The molecule has 0 aliphatic heterocycles. The number of aromatic nitrogens is 3. The molecule has 0 saturated heterocycles. The van der Waals surface area contributed by atoms with Gasteiger partial charge in [0.1, 0.15) is 5.82 Å². The Morgan fingerprint density at radius 2 is 1.87 bits per heavy atom. The fourth-order valence-electron chi connectivity index (χ4n) is 1.20. The first kappa shape index (κ1) is 12.1. The summed E-state index contributed by atoms with van der Waals surface area (Å²) in [7, 11) is -4.80. The van der Waals surface area contributed by atoms with Gasteiger partial charge in [0, 0.05) is 6.54 Å². The Balaban J connectivity index is 3.23. The Bertz CT molecular complexity index is 459. The normalized spacial score (nSPS) is 13.1. The van der Waals surface area contributed by atoms with Crippen LogP contribution < -0.4 is 0 Å². The van der Waals surface area contributed by atoms with Crippen molar-refractivity contribution in [3.63, 3.8) is 0 Å². The van der Waals surface area contributed by atoms with Crippen molar-refractivity contribution in [2.24, 2.45) is 5.41 Å². The van der Waals surface area contributed by atoms with Crippen LogP contribution in [0.2, 0.25) is 0 Å². The van der Waals surface area contributed by atoms with Crippen molar-refractivity contribution in [1.82, 2.24) is 14.8 Å². The molecule has 0 N–H and O–H groups in total. The summed E-state index contributed by atoms with van der Waals surface area (Å²) in [5.41, 5.74) is -0.174. The van der Waals surface area contributed by atoms with Gasteiger partial charge >= 0.3 is 10.2 Å². The van der Waals surface area contributed by atoms with Crippen LogP contribution in [0.3, 0.4) is 0 Å². The summed E-state index contributed by atoms with van der Waals surface area (Å²) >= 11 is 0. The average molecular weight is 235 g/mol. The molecule has 1 heterocycles. The van der Waals surface area contributed by atoms with E-state index in [-0.39, 0.29) is 5.41 Å².